The van der Waals surface area contributed by atoms with Crippen LogP contribution >= 0.6 is 0 Å². The molecule has 44 heavy (non-hydrogen) atoms. The van der Waals surface area contributed by atoms with E-state index < -0.39 is 69.2 Å². The third kappa shape index (κ3) is 4.40. The Morgan fingerprint density at radius 3 is 2.34 bits per heavy atom. The Morgan fingerprint density at radius 2 is 1.77 bits per heavy atom. The lowest BCUT2D eigenvalue weighted by atomic mass is 9.57. The molecule has 0 radical (unpaired) electrons. The normalized spacial score (nSPS) is 25.1. The Morgan fingerprint density at radius 1 is 1.11 bits per heavy atom. The lowest BCUT2D eigenvalue weighted by Crippen LogP contribution is -2.65. The Hall–Kier alpha value is -4.23. The second-order valence-corrected chi connectivity index (χ2v) is 12.9. The molecule has 234 valence electrons. The van der Waals surface area contributed by atoms with Crippen molar-refractivity contribution in [2.45, 2.75) is 50.7 Å². The number of aliphatic hydroxyl groups is 3. The number of likely N-dealkylation sites (N-methyl/N-ethyl adjacent to an activating group) is 2. The highest BCUT2D eigenvalue weighted by Crippen LogP contribution is 2.54. The number of hydrogen-bond acceptors (Lipinski definition) is 11. The number of anilines is 1. The Balaban J connectivity index is 1.81. The summed E-state index contributed by atoms with van der Waals surface area (Å²) in [6.07, 6.45) is 0.0197. The van der Waals surface area contributed by atoms with Gasteiger partial charge in [0.05, 0.1) is 11.7 Å². The molecule has 12 heteroatoms. The zero-order valence-corrected chi connectivity index (χ0v) is 25.3. The lowest BCUT2D eigenvalue weighted by Gasteiger charge is -2.50. The van der Waals surface area contributed by atoms with Crippen molar-refractivity contribution < 1.29 is 45.2 Å². The maximum absolute atomic E-state index is 14.3. The number of Topliss-reactive ketones (excluding diaryl/α,β-unsaturated/α-hetero) is 2. The summed E-state index contributed by atoms with van der Waals surface area (Å²) in [5.41, 5.74) is -2.70. The molecule has 4 atom stereocenters. The number of amides is 1. The second-order valence-electron chi connectivity index (χ2n) is 12.9. The summed E-state index contributed by atoms with van der Waals surface area (Å²) in [6, 6.07) is 6.82. The van der Waals surface area contributed by atoms with Crippen LogP contribution in [0.15, 0.2) is 47.2 Å². The van der Waals surface area contributed by atoms with E-state index in [4.69, 9.17) is 0 Å². The molecule has 0 spiro atoms. The van der Waals surface area contributed by atoms with Crippen molar-refractivity contribution in [3.8, 4) is 16.9 Å². The first-order valence-electron chi connectivity index (χ1n) is 14.2. The number of carbonyl (C=O) groups is 3. The molecule has 3 aliphatic carbocycles. The third-order valence-corrected chi connectivity index (χ3v) is 9.10. The fourth-order valence-electron chi connectivity index (χ4n) is 7.02. The molecule has 6 N–H and O–H groups in total. The molecule has 0 aliphatic heterocycles. The predicted octanol–water partition coefficient (Wildman–Crippen LogP) is 2.14. The summed E-state index contributed by atoms with van der Waals surface area (Å²) in [5.74, 6) is -6.99. The van der Waals surface area contributed by atoms with Gasteiger partial charge < -0.3 is 25.7 Å². The van der Waals surface area contributed by atoms with Gasteiger partial charge in [0.2, 0.25) is 5.78 Å². The van der Waals surface area contributed by atoms with E-state index in [1.54, 1.807) is 32.3 Å². The minimum Gasteiger partial charge on any atom is -0.872 e. The maximum Gasteiger partial charge on any atom is 0.258 e. The lowest BCUT2D eigenvalue weighted by molar-refractivity contribution is -0.270. The highest BCUT2D eigenvalue weighted by Gasteiger charge is 2.64. The monoisotopic (exact) mass is 606 g/mol. The summed E-state index contributed by atoms with van der Waals surface area (Å²) in [7, 11) is 4.37. The van der Waals surface area contributed by atoms with E-state index >= 15 is 0 Å². The molecule has 5 rings (SSSR count). The number of nitrogens with zero attached hydrogens (tertiary/aromatic N) is 2. The zero-order chi connectivity index (χ0) is 32.6. The number of ketones is 2. The molecule has 0 bridgehead atoms. The summed E-state index contributed by atoms with van der Waals surface area (Å²) in [5, 5.41) is 70.4. The van der Waals surface area contributed by atoms with Crippen LogP contribution in [0.4, 0.5) is 5.69 Å². The molecule has 0 unspecified atom stereocenters. The van der Waals surface area contributed by atoms with Crippen LogP contribution in [0.1, 0.15) is 43.9 Å². The second kappa shape index (κ2) is 10.4. The van der Waals surface area contributed by atoms with Crippen molar-refractivity contribution in [1.29, 1.82) is 0 Å². The number of hydrogen-bond donors (Lipinski definition) is 6. The van der Waals surface area contributed by atoms with Crippen molar-refractivity contribution >= 4 is 28.9 Å². The molecule has 0 aromatic heterocycles. The molecule has 0 saturated heterocycles. The van der Waals surface area contributed by atoms with Gasteiger partial charge in [-0.2, -0.15) is 0 Å². The molecule has 1 amide bonds. The summed E-state index contributed by atoms with van der Waals surface area (Å²) < 4.78 is 0. The highest BCUT2D eigenvalue weighted by molar-refractivity contribution is 6.25. The molecule has 12 nitrogen and oxygen atoms in total. The van der Waals surface area contributed by atoms with Gasteiger partial charge in [-0.15, -0.1) is 5.23 Å². The summed E-state index contributed by atoms with van der Waals surface area (Å²) in [4.78, 5) is 41.9. The fourth-order valence-corrected chi connectivity index (χ4v) is 7.02. The molecule has 2 aromatic rings. The van der Waals surface area contributed by atoms with Crippen molar-refractivity contribution in [1.82, 2.24) is 10.2 Å². The topological polar surface area (TPSA) is 194 Å². The smallest absolute Gasteiger partial charge is 0.258 e. The SMILES string of the molecule is CNC(=O)C1=C(O)[C@@]2(O)C(=O)C3=C(O)c4c([O-])c(C(C)(C)C)cc(-c5cccc(N(O)O)c5)c4C[C@H]3C[C@H]2[C@H](N(C)C)C1=O. The number of carbonyl (C=O) groups excluding carboxylic acids is 3. The van der Waals surface area contributed by atoms with Crippen molar-refractivity contribution in [2.24, 2.45) is 11.8 Å². The van der Waals surface area contributed by atoms with E-state index in [1.165, 1.54) is 24.1 Å². The van der Waals surface area contributed by atoms with Crippen LogP contribution in [0.25, 0.3) is 16.9 Å². The van der Waals surface area contributed by atoms with Crippen LogP contribution in [0.5, 0.6) is 5.75 Å². The Labute approximate surface area is 254 Å². The first-order chi connectivity index (χ1) is 20.5. The summed E-state index contributed by atoms with van der Waals surface area (Å²) in [6.45, 7) is 5.45. The van der Waals surface area contributed by atoms with Gasteiger partial charge in [0.15, 0.2) is 11.4 Å². The molecule has 1 fully saturated rings. The van der Waals surface area contributed by atoms with Gasteiger partial charge in [-0.25, -0.2) is 0 Å². The number of rotatable bonds is 4. The molecule has 1 saturated carbocycles. The highest BCUT2D eigenvalue weighted by atomic mass is 16.8. The average molecular weight is 607 g/mol. The molecule has 0 heterocycles. The van der Waals surface area contributed by atoms with Gasteiger partial charge in [0.25, 0.3) is 5.91 Å². The maximum atomic E-state index is 14.3. The fraction of sp³-hybridized carbons (Fsp3) is 0.406. The van der Waals surface area contributed by atoms with Crippen LogP contribution in [0.3, 0.4) is 0 Å². The van der Waals surface area contributed by atoms with E-state index in [-0.39, 0.29) is 34.9 Å². The van der Waals surface area contributed by atoms with E-state index in [0.29, 0.717) is 22.3 Å². The number of fused-ring (bicyclic) bond motifs is 3. The Bertz CT molecular complexity index is 1670. The van der Waals surface area contributed by atoms with E-state index in [9.17, 15) is 45.2 Å². The number of benzene rings is 2. The summed E-state index contributed by atoms with van der Waals surface area (Å²) >= 11 is 0. The minimum absolute atomic E-state index is 0.0345. The molecule has 2 aromatic carbocycles. The predicted molar refractivity (Wildman–Crippen MR) is 157 cm³/mol. The van der Waals surface area contributed by atoms with Crippen LogP contribution < -0.4 is 15.6 Å². The third-order valence-electron chi connectivity index (χ3n) is 9.10. The van der Waals surface area contributed by atoms with Gasteiger partial charge in [0.1, 0.15) is 17.1 Å². The Kier molecular flexibility index (Phi) is 7.41. The van der Waals surface area contributed by atoms with Crippen LogP contribution in [0.2, 0.25) is 0 Å². The number of aliphatic hydroxyl groups excluding tert-OH is 2. The standard InChI is InChI=1S/C32H37N3O9/c1-31(2,3)20-13-17(14-8-7-9-16(10-14)35(43)44)18-11-15-12-19-24(34(5)6)27(38)23(30(41)33-4)29(40)32(19,42)28(39)21(15)26(37)22(18)25(20)36/h7-10,13,15,19,24,36-37,40,42-44H,11-12H2,1-6H3,(H,33,41)/p-1/t15-,19-,24-,32-/m0/s1. The van der Waals surface area contributed by atoms with Gasteiger partial charge in [-0.1, -0.05) is 44.7 Å². The molecular formula is C32H36N3O9-. The van der Waals surface area contributed by atoms with Crippen molar-refractivity contribution in [2.75, 3.05) is 26.4 Å². The average Bonchev–Trinajstić information content (AvgIpc) is 2.94. The molecule has 3 aliphatic rings. The van der Waals surface area contributed by atoms with Gasteiger partial charge >= 0.3 is 0 Å². The minimum atomic E-state index is -2.71. The van der Waals surface area contributed by atoms with Gasteiger partial charge in [-0.05, 0) is 72.7 Å². The first kappa shape index (κ1) is 31.2. The van der Waals surface area contributed by atoms with E-state index in [2.05, 4.69) is 5.32 Å². The molecular weight excluding hydrogens is 570 g/mol. The van der Waals surface area contributed by atoms with Crippen LogP contribution in [-0.4, -0.2) is 80.9 Å². The largest absolute Gasteiger partial charge is 0.872 e. The number of nitrogens with one attached hydrogen (secondary N) is 1. The van der Waals surface area contributed by atoms with Crippen LogP contribution in [0, 0.1) is 11.8 Å². The van der Waals surface area contributed by atoms with Gasteiger partial charge in [0, 0.05) is 24.1 Å². The van der Waals surface area contributed by atoms with Gasteiger partial charge in [-0.3, -0.25) is 29.7 Å². The quantitative estimate of drug-likeness (QED) is 0.221. The van der Waals surface area contributed by atoms with Crippen LogP contribution in [-0.2, 0) is 26.2 Å². The zero-order valence-electron chi connectivity index (χ0n) is 25.3. The van der Waals surface area contributed by atoms with Crippen molar-refractivity contribution in [3.63, 3.8) is 0 Å². The van der Waals surface area contributed by atoms with Crippen molar-refractivity contribution in [3.05, 3.63) is 63.9 Å². The first-order valence-corrected chi connectivity index (χ1v) is 14.2. The van der Waals surface area contributed by atoms with E-state index in [0.717, 1.165) is 0 Å². The van der Waals surface area contributed by atoms with E-state index in [1.807, 2.05) is 20.8 Å².